The Morgan fingerprint density at radius 1 is 1.25 bits per heavy atom. The molecule has 0 aliphatic carbocycles. The lowest BCUT2D eigenvalue weighted by atomic mass is 10.1. The fourth-order valence-electron chi connectivity index (χ4n) is 2.21. The minimum atomic E-state index is -0.508. The first-order chi connectivity index (χ1) is 9.63. The van der Waals surface area contributed by atoms with Crippen LogP contribution >= 0.6 is 11.6 Å². The van der Waals surface area contributed by atoms with Crippen LogP contribution in [-0.4, -0.2) is 12.5 Å². The van der Waals surface area contributed by atoms with Crippen LogP contribution in [-0.2, 0) is 6.42 Å². The van der Waals surface area contributed by atoms with Gasteiger partial charge in [-0.1, -0.05) is 17.7 Å². The summed E-state index contributed by atoms with van der Waals surface area (Å²) in [6.07, 6.45) is 0.977. The highest BCUT2D eigenvalue weighted by molar-refractivity contribution is 6.31. The molecular formula is C15H12ClFN2O. The van der Waals surface area contributed by atoms with Gasteiger partial charge in [0.1, 0.15) is 5.82 Å². The fourth-order valence-corrected chi connectivity index (χ4v) is 2.39. The number of fused-ring (bicyclic) bond motifs is 1. The summed E-state index contributed by atoms with van der Waals surface area (Å²) in [5, 5.41) is 5.91. The Balaban J connectivity index is 1.80. The van der Waals surface area contributed by atoms with E-state index < -0.39 is 5.82 Å². The molecule has 0 atom stereocenters. The summed E-state index contributed by atoms with van der Waals surface area (Å²) in [5.74, 6) is -0.754. The van der Waals surface area contributed by atoms with Gasteiger partial charge in [-0.15, -0.1) is 0 Å². The van der Waals surface area contributed by atoms with Crippen LogP contribution < -0.4 is 10.6 Å². The van der Waals surface area contributed by atoms with Crippen molar-refractivity contribution in [3.63, 3.8) is 0 Å². The minimum absolute atomic E-state index is 0.0154. The molecular weight excluding hydrogens is 279 g/mol. The number of nitrogens with one attached hydrogen (secondary N) is 2. The second kappa shape index (κ2) is 5.13. The van der Waals surface area contributed by atoms with Crippen LogP contribution in [0.15, 0.2) is 36.4 Å². The normalized spacial score (nSPS) is 12.7. The van der Waals surface area contributed by atoms with Crippen molar-refractivity contribution in [2.75, 3.05) is 17.2 Å². The van der Waals surface area contributed by atoms with Crippen molar-refractivity contribution >= 4 is 28.9 Å². The van der Waals surface area contributed by atoms with Gasteiger partial charge in [0, 0.05) is 23.5 Å². The zero-order valence-corrected chi connectivity index (χ0v) is 11.3. The highest BCUT2D eigenvalue weighted by Crippen LogP contribution is 2.24. The summed E-state index contributed by atoms with van der Waals surface area (Å²) in [4.78, 5) is 12.1. The Kier molecular flexibility index (Phi) is 3.32. The summed E-state index contributed by atoms with van der Waals surface area (Å²) in [6.45, 7) is 0.897. The predicted molar refractivity (Wildman–Crippen MR) is 78.0 cm³/mol. The molecule has 3 nitrogen and oxygen atoms in total. The van der Waals surface area contributed by atoms with Crippen molar-refractivity contribution in [2.45, 2.75) is 6.42 Å². The van der Waals surface area contributed by atoms with Crippen molar-refractivity contribution < 1.29 is 9.18 Å². The van der Waals surface area contributed by atoms with E-state index in [1.807, 2.05) is 12.1 Å². The number of carbonyl (C=O) groups is 1. The van der Waals surface area contributed by atoms with Crippen molar-refractivity contribution in [3.05, 3.63) is 58.4 Å². The molecule has 0 unspecified atom stereocenters. The van der Waals surface area contributed by atoms with Gasteiger partial charge in [-0.25, -0.2) is 4.39 Å². The standard InChI is InChI=1S/C15H12ClFN2O/c16-12-8-11(3-4-13(12)17)19-15(20)10-2-1-9-5-6-18-14(9)7-10/h1-4,7-8,18H,5-6H2,(H,19,20). The molecule has 2 aromatic rings. The fraction of sp³-hybridized carbons (Fsp3) is 0.133. The smallest absolute Gasteiger partial charge is 0.255 e. The molecule has 0 fully saturated rings. The molecule has 20 heavy (non-hydrogen) atoms. The van der Waals surface area contributed by atoms with Crippen LogP contribution in [0.2, 0.25) is 5.02 Å². The van der Waals surface area contributed by atoms with Crippen LogP contribution in [0.1, 0.15) is 15.9 Å². The molecule has 2 N–H and O–H groups in total. The minimum Gasteiger partial charge on any atom is -0.384 e. The average molecular weight is 291 g/mol. The van der Waals surface area contributed by atoms with Crippen LogP contribution in [0.3, 0.4) is 0 Å². The highest BCUT2D eigenvalue weighted by Gasteiger charge is 2.13. The first-order valence-electron chi connectivity index (χ1n) is 6.27. The topological polar surface area (TPSA) is 41.1 Å². The number of rotatable bonds is 2. The zero-order valence-electron chi connectivity index (χ0n) is 10.5. The lowest BCUT2D eigenvalue weighted by Crippen LogP contribution is -2.12. The van der Waals surface area contributed by atoms with E-state index in [0.717, 1.165) is 18.7 Å². The van der Waals surface area contributed by atoms with Crippen LogP contribution in [0.25, 0.3) is 0 Å². The molecule has 0 bridgehead atoms. The largest absolute Gasteiger partial charge is 0.384 e. The predicted octanol–water partition coefficient (Wildman–Crippen LogP) is 3.70. The Morgan fingerprint density at radius 2 is 2.10 bits per heavy atom. The number of amides is 1. The van der Waals surface area contributed by atoms with E-state index in [9.17, 15) is 9.18 Å². The molecule has 3 rings (SSSR count). The summed E-state index contributed by atoms with van der Waals surface area (Å²) in [6, 6.07) is 9.64. The van der Waals surface area contributed by atoms with Gasteiger partial charge in [0.2, 0.25) is 0 Å². The number of carbonyl (C=O) groups excluding carboxylic acids is 1. The number of anilines is 2. The number of benzene rings is 2. The molecule has 1 amide bonds. The molecule has 0 saturated carbocycles. The molecule has 0 spiro atoms. The first kappa shape index (κ1) is 12.9. The SMILES string of the molecule is O=C(Nc1ccc(F)c(Cl)c1)c1ccc2c(c1)NCC2. The van der Waals surface area contributed by atoms with Crippen LogP contribution in [0, 0.1) is 5.82 Å². The zero-order chi connectivity index (χ0) is 14.1. The maximum Gasteiger partial charge on any atom is 0.255 e. The number of hydrogen-bond donors (Lipinski definition) is 2. The van der Waals surface area contributed by atoms with E-state index in [1.54, 1.807) is 6.07 Å². The van der Waals surface area contributed by atoms with Gasteiger partial charge in [0.15, 0.2) is 0 Å². The molecule has 0 saturated heterocycles. The quantitative estimate of drug-likeness (QED) is 0.885. The van der Waals surface area contributed by atoms with Gasteiger partial charge < -0.3 is 10.6 Å². The Hall–Kier alpha value is -2.07. The maximum atomic E-state index is 13.1. The van der Waals surface area contributed by atoms with Crippen molar-refractivity contribution in [3.8, 4) is 0 Å². The third-order valence-electron chi connectivity index (χ3n) is 3.26. The van der Waals surface area contributed by atoms with Crippen LogP contribution in [0.5, 0.6) is 0 Å². The van der Waals surface area contributed by atoms with Crippen LogP contribution in [0.4, 0.5) is 15.8 Å². The Bertz CT molecular complexity index is 688. The van der Waals surface area contributed by atoms with Crippen molar-refractivity contribution in [1.82, 2.24) is 0 Å². The van der Waals surface area contributed by atoms with Gasteiger partial charge in [-0.05, 0) is 42.3 Å². The van der Waals surface area contributed by atoms with E-state index in [0.29, 0.717) is 11.3 Å². The maximum absolute atomic E-state index is 13.1. The third kappa shape index (κ3) is 2.47. The summed E-state index contributed by atoms with van der Waals surface area (Å²) in [5.41, 5.74) is 3.23. The van der Waals surface area contributed by atoms with E-state index in [4.69, 9.17) is 11.6 Å². The molecule has 0 aromatic heterocycles. The molecule has 2 aromatic carbocycles. The number of hydrogen-bond acceptors (Lipinski definition) is 2. The summed E-state index contributed by atoms with van der Waals surface area (Å²) in [7, 11) is 0. The Labute approximate surface area is 120 Å². The van der Waals surface area contributed by atoms with E-state index in [1.165, 1.54) is 23.8 Å². The average Bonchev–Trinajstić information content (AvgIpc) is 2.90. The third-order valence-corrected chi connectivity index (χ3v) is 3.55. The second-order valence-corrected chi connectivity index (χ2v) is 5.04. The monoisotopic (exact) mass is 290 g/mol. The van der Waals surface area contributed by atoms with E-state index in [-0.39, 0.29) is 10.9 Å². The summed E-state index contributed by atoms with van der Waals surface area (Å²) >= 11 is 5.68. The van der Waals surface area contributed by atoms with Gasteiger partial charge in [0.05, 0.1) is 5.02 Å². The van der Waals surface area contributed by atoms with Gasteiger partial charge in [-0.2, -0.15) is 0 Å². The Morgan fingerprint density at radius 3 is 2.90 bits per heavy atom. The molecule has 102 valence electrons. The molecule has 1 aliphatic heterocycles. The molecule has 1 heterocycles. The van der Waals surface area contributed by atoms with Gasteiger partial charge >= 0.3 is 0 Å². The molecule has 0 radical (unpaired) electrons. The number of halogens is 2. The van der Waals surface area contributed by atoms with Gasteiger partial charge in [0.25, 0.3) is 5.91 Å². The summed E-state index contributed by atoms with van der Waals surface area (Å²) < 4.78 is 13.1. The lowest BCUT2D eigenvalue weighted by Gasteiger charge is -2.07. The van der Waals surface area contributed by atoms with Crippen molar-refractivity contribution in [2.24, 2.45) is 0 Å². The van der Waals surface area contributed by atoms with Crippen molar-refractivity contribution in [1.29, 1.82) is 0 Å². The van der Waals surface area contributed by atoms with E-state index >= 15 is 0 Å². The lowest BCUT2D eigenvalue weighted by molar-refractivity contribution is 0.102. The molecule has 1 aliphatic rings. The van der Waals surface area contributed by atoms with Gasteiger partial charge in [-0.3, -0.25) is 4.79 Å². The van der Waals surface area contributed by atoms with E-state index in [2.05, 4.69) is 10.6 Å². The molecule has 5 heteroatoms. The first-order valence-corrected chi connectivity index (χ1v) is 6.64. The second-order valence-electron chi connectivity index (χ2n) is 4.63. The highest BCUT2D eigenvalue weighted by atomic mass is 35.5.